The molecule has 1 aromatic rings. The molecule has 3 nitrogen and oxygen atoms in total. The first kappa shape index (κ1) is 12.8. The zero-order chi connectivity index (χ0) is 12.3. The van der Waals surface area contributed by atoms with E-state index in [1.54, 1.807) is 12.3 Å². The Labute approximate surface area is 114 Å². The fourth-order valence-electron chi connectivity index (χ4n) is 2.21. The number of pyridine rings is 1. The second-order valence-electron chi connectivity index (χ2n) is 4.43. The van der Waals surface area contributed by atoms with Crippen LogP contribution in [0.2, 0.25) is 5.02 Å². The molecule has 2 rings (SSSR count). The van der Waals surface area contributed by atoms with Gasteiger partial charge >= 0.3 is 0 Å². The highest BCUT2D eigenvalue weighted by atomic mass is 79.9. The van der Waals surface area contributed by atoms with Gasteiger partial charge in [0.2, 0.25) is 0 Å². The quantitative estimate of drug-likeness (QED) is 0.870. The van der Waals surface area contributed by atoms with Gasteiger partial charge in [-0.05, 0) is 18.9 Å². The fourth-order valence-corrected chi connectivity index (χ4v) is 3.12. The monoisotopic (exact) mass is 316 g/mol. The maximum absolute atomic E-state index is 12.1. The van der Waals surface area contributed by atoms with Gasteiger partial charge in [-0.1, -0.05) is 40.4 Å². The first-order valence-electron chi connectivity index (χ1n) is 5.65. The van der Waals surface area contributed by atoms with Gasteiger partial charge in [-0.15, -0.1) is 0 Å². The molecule has 0 aromatic carbocycles. The molecule has 1 saturated carbocycles. The summed E-state index contributed by atoms with van der Waals surface area (Å²) in [6.45, 7) is 0. The van der Waals surface area contributed by atoms with E-state index in [0.717, 1.165) is 31.0 Å². The van der Waals surface area contributed by atoms with Gasteiger partial charge in [0.05, 0.1) is 16.1 Å². The van der Waals surface area contributed by atoms with Crippen LogP contribution in [-0.4, -0.2) is 21.8 Å². The van der Waals surface area contributed by atoms with Gasteiger partial charge in [-0.25, -0.2) is 0 Å². The summed E-state index contributed by atoms with van der Waals surface area (Å²) in [6, 6.07) is 1.65. The number of carbonyl (C=O) groups is 1. The number of halogens is 2. The molecule has 0 atom stereocenters. The van der Waals surface area contributed by atoms with E-state index in [4.69, 9.17) is 11.6 Å². The number of hydrogen-bond donors (Lipinski definition) is 1. The molecule has 1 aliphatic carbocycles. The lowest BCUT2D eigenvalue weighted by Gasteiger charge is -2.28. The first-order chi connectivity index (χ1) is 8.17. The minimum Gasteiger partial charge on any atom is -0.346 e. The van der Waals surface area contributed by atoms with Crippen molar-refractivity contribution in [1.29, 1.82) is 0 Å². The lowest BCUT2D eigenvalue weighted by atomic mass is 10.00. The molecule has 0 bridgehead atoms. The van der Waals surface area contributed by atoms with Crippen LogP contribution < -0.4 is 5.32 Å². The molecule has 1 aromatic heterocycles. The molecular formula is C12H14BrClN2O. The average molecular weight is 318 g/mol. The lowest BCUT2D eigenvalue weighted by Crippen LogP contribution is -2.47. The SMILES string of the molecule is O=C(NC1(CBr)CCCC1)c1ccncc1Cl. The molecule has 1 heterocycles. The predicted octanol–water partition coefficient (Wildman–Crippen LogP) is 3.17. The van der Waals surface area contributed by atoms with Crippen molar-refractivity contribution in [3.63, 3.8) is 0 Å². The van der Waals surface area contributed by atoms with Crippen molar-refractivity contribution in [2.24, 2.45) is 0 Å². The number of alkyl halides is 1. The van der Waals surface area contributed by atoms with Gasteiger partial charge in [-0.2, -0.15) is 0 Å². The number of nitrogens with zero attached hydrogens (tertiary/aromatic N) is 1. The molecule has 1 amide bonds. The number of rotatable bonds is 3. The molecular weight excluding hydrogens is 304 g/mol. The Kier molecular flexibility index (Phi) is 4.05. The Morgan fingerprint density at radius 2 is 2.24 bits per heavy atom. The molecule has 0 radical (unpaired) electrons. The van der Waals surface area contributed by atoms with Crippen molar-refractivity contribution < 1.29 is 4.79 Å². The van der Waals surface area contributed by atoms with Gasteiger partial charge in [-0.3, -0.25) is 9.78 Å². The minimum atomic E-state index is -0.112. The van der Waals surface area contributed by atoms with E-state index in [9.17, 15) is 4.79 Å². The summed E-state index contributed by atoms with van der Waals surface area (Å²) >= 11 is 9.45. The van der Waals surface area contributed by atoms with Crippen LogP contribution in [0.5, 0.6) is 0 Å². The van der Waals surface area contributed by atoms with Crippen molar-refractivity contribution in [3.05, 3.63) is 29.0 Å². The summed E-state index contributed by atoms with van der Waals surface area (Å²) in [5.74, 6) is -0.112. The normalized spacial score (nSPS) is 18.0. The van der Waals surface area contributed by atoms with Gasteiger partial charge in [0.1, 0.15) is 0 Å². The predicted molar refractivity (Wildman–Crippen MR) is 71.7 cm³/mol. The van der Waals surface area contributed by atoms with Crippen molar-refractivity contribution >= 4 is 33.4 Å². The van der Waals surface area contributed by atoms with Gasteiger partial charge in [0.15, 0.2) is 0 Å². The molecule has 0 spiro atoms. The van der Waals surface area contributed by atoms with E-state index in [0.29, 0.717) is 10.6 Å². The highest BCUT2D eigenvalue weighted by Gasteiger charge is 2.34. The van der Waals surface area contributed by atoms with Gasteiger partial charge < -0.3 is 5.32 Å². The van der Waals surface area contributed by atoms with E-state index in [2.05, 4.69) is 26.2 Å². The number of carbonyl (C=O) groups excluding carboxylic acids is 1. The van der Waals surface area contributed by atoms with Crippen LogP contribution in [0.3, 0.4) is 0 Å². The number of hydrogen-bond acceptors (Lipinski definition) is 2. The molecule has 92 valence electrons. The van der Waals surface area contributed by atoms with Crippen molar-refractivity contribution in [1.82, 2.24) is 10.3 Å². The lowest BCUT2D eigenvalue weighted by molar-refractivity contribution is 0.0910. The van der Waals surface area contributed by atoms with E-state index in [1.807, 2.05) is 0 Å². The molecule has 0 saturated heterocycles. The van der Waals surface area contributed by atoms with Gasteiger partial charge in [0, 0.05) is 17.7 Å². The van der Waals surface area contributed by atoms with Crippen LogP contribution in [0.1, 0.15) is 36.0 Å². The molecule has 1 N–H and O–H groups in total. The standard InChI is InChI=1S/C12H14BrClN2O/c13-8-12(4-1-2-5-12)16-11(17)9-3-6-15-7-10(9)14/h3,6-7H,1-2,4-5,8H2,(H,16,17). The largest absolute Gasteiger partial charge is 0.346 e. The first-order valence-corrected chi connectivity index (χ1v) is 7.15. The summed E-state index contributed by atoms with van der Waals surface area (Å²) in [6.07, 6.45) is 7.44. The van der Waals surface area contributed by atoms with Crippen LogP contribution in [0.15, 0.2) is 18.5 Å². The summed E-state index contributed by atoms with van der Waals surface area (Å²) in [5, 5.41) is 4.28. The van der Waals surface area contributed by atoms with Crippen LogP contribution in [0.4, 0.5) is 0 Å². The second-order valence-corrected chi connectivity index (χ2v) is 5.40. The summed E-state index contributed by atoms with van der Waals surface area (Å²) < 4.78 is 0. The maximum Gasteiger partial charge on any atom is 0.253 e. The summed E-state index contributed by atoms with van der Waals surface area (Å²) in [7, 11) is 0. The van der Waals surface area contributed by atoms with Crippen molar-refractivity contribution in [3.8, 4) is 0 Å². The number of amides is 1. The molecule has 5 heteroatoms. The smallest absolute Gasteiger partial charge is 0.253 e. The third-order valence-corrected chi connectivity index (χ3v) is 4.59. The number of aromatic nitrogens is 1. The Balaban J connectivity index is 2.14. The second kappa shape index (κ2) is 5.36. The summed E-state index contributed by atoms with van der Waals surface area (Å²) in [4.78, 5) is 16.0. The average Bonchev–Trinajstić information content (AvgIpc) is 2.79. The van der Waals surface area contributed by atoms with Crippen LogP contribution in [-0.2, 0) is 0 Å². The Morgan fingerprint density at radius 1 is 1.53 bits per heavy atom. The van der Waals surface area contributed by atoms with Crippen molar-refractivity contribution in [2.45, 2.75) is 31.2 Å². The van der Waals surface area contributed by atoms with E-state index in [-0.39, 0.29) is 11.4 Å². The van der Waals surface area contributed by atoms with Crippen LogP contribution >= 0.6 is 27.5 Å². The van der Waals surface area contributed by atoms with Crippen molar-refractivity contribution in [2.75, 3.05) is 5.33 Å². The Hall–Kier alpha value is -0.610. The van der Waals surface area contributed by atoms with Crippen LogP contribution in [0.25, 0.3) is 0 Å². The molecule has 1 fully saturated rings. The van der Waals surface area contributed by atoms with Crippen LogP contribution in [0, 0.1) is 0 Å². The minimum absolute atomic E-state index is 0.107. The van der Waals surface area contributed by atoms with E-state index in [1.165, 1.54) is 6.20 Å². The number of nitrogens with one attached hydrogen (secondary N) is 1. The Bertz CT molecular complexity index is 419. The molecule has 17 heavy (non-hydrogen) atoms. The highest BCUT2D eigenvalue weighted by Crippen LogP contribution is 2.31. The van der Waals surface area contributed by atoms with Gasteiger partial charge in [0.25, 0.3) is 5.91 Å². The molecule has 0 unspecified atom stereocenters. The highest BCUT2D eigenvalue weighted by molar-refractivity contribution is 9.09. The third-order valence-electron chi connectivity index (χ3n) is 3.21. The zero-order valence-electron chi connectivity index (χ0n) is 9.38. The van der Waals surface area contributed by atoms with E-state index < -0.39 is 0 Å². The summed E-state index contributed by atoms with van der Waals surface area (Å²) in [5.41, 5.74) is 0.387. The van der Waals surface area contributed by atoms with E-state index >= 15 is 0 Å². The maximum atomic E-state index is 12.1. The Morgan fingerprint density at radius 3 is 2.82 bits per heavy atom. The topological polar surface area (TPSA) is 42.0 Å². The molecule has 0 aliphatic heterocycles. The molecule has 1 aliphatic rings. The zero-order valence-corrected chi connectivity index (χ0v) is 11.7. The third kappa shape index (κ3) is 2.80. The fraction of sp³-hybridized carbons (Fsp3) is 0.500.